The minimum atomic E-state index is 0.759. The van der Waals surface area contributed by atoms with Crippen molar-refractivity contribution in [2.45, 2.75) is 19.5 Å². The summed E-state index contributed by atoms with van der Waals surface area (Å²) in [6.07, 6.45) is 8.93. The van der Waals surface area contributed by atoms with Gasteiger partial charge in [0.05, 0.1) is 12.0 Å². The van der Waals surface area contributed by atoms with Gasteiger partial charge in [0.15, 0.2) is 0 Å². The first-order valence-electron chi connectivity index (χ1n) is 7.95. The molecule has 0 radical (unpaired) electrons. The fourth-order valence-corrected chi connectivity index (χ4v) is 3.28. The Morgan fingerprint density at radius 1 is 1.32 bits per heavy atom. The minimum absolute atomic E-state index is 0.759. The summed E-state index contributed by atoms with van der Waals surface area (Å²) in [5.41, 5.74) is 2.58. The molecule has 0 bridgehead atoms. The maximum atomic E-state index is 4.20. The summed E-state index contributed by atoms with van der Waals surface area (Å²) in [6, 6.07) is 4.15. The third-order valence-corrected chi connectivity index (χ3v) is 4.42. The monoisotopic (exact) mass is 299 g/mol. The predicted octanol–water partition coefficient (Wildman–Crippen LogP) is 1.77. The lowest BCUT2D eigenvalue weighted by atomic mass is 10.1. The van der Waals surface area contributed by atoms with E-state index < -0.39 is 0 Å². The van der Waals surface area contributed by atoms with Crippen LogP contribution in [0.15, 0.2) is 37.1 Å². The Hall–Kier alpha value is -1.72. The third-order valence-electron chi connectivity index (χ3n) is 4.42. The van der Waals surface area contributed by atoms with Crippen molar-refractivity contribution in [3.63, 3.8) is 0 Å². The van der Waals surface area contributed by atoms with E-state index in [9.17, 15) is 0 Å². The SMILES string of the molecule is CN(Cc1cccnc1)C[C@H]1CCN(Cc2cncn2C)C1. The molecule has 0 aliphatic carbocycles. The molecule has 0 N–H and O–H groups in total. The molecule has 2 aromatic rings. The van der Waals surface area contributed by atoms with Gasteiger partial charge in [-0.1, -0.05) is 6.07 Å². The lowest BCUT2D eigenvalue weighted by Gasteiger charge is -2.21. The zero-order valence-electron chi connectivity index (χ0n) is 13.5. The van der Waals surface area contributed by atoms with E-state index in [-0.39, 0.29) is 0 Å². The van der Waals surface area contributed by atoms with Crippen molar-refractivity contribution < 1.29 is 0 Å². The van der Waals surface area contributed by atoms with E-state index in [1.54, 1.807) is 0 Å². The largest absolute Gasteiger partial charge is 0.337 e. The fraction of sp³-hybridized carbons (Fsp3) is 0.529. The second-order valence-corrected chi connectivity index (χ2v) is 6.44. The predicted molar refractivity (Wildman–Crippen MR) is 87.2 cm³/mol. The van der Waals surface area contributed by atoms with E-state index >= 15 is 0 Å². The van der Waals surface area contributed by atoms with Crippen molar-refractivity contribution in [1.29, 1.82) is 0 Å². The second kappa shape index (κ2) is 7.03. The van der Waals surface area contributed by atoms with E-state index in [0.717, 1.165) is 25.6 Å². The van der Waals surface area contributed by atoms with Crippen molar-refractivity contribution in [2.75, 3.05) is 26.7 Å². The first-order chi connectivity index (χ1) is 10.7. The highest BCUT2D eigenvalue weighted by atomic mass is 15.2. The zero-order chi connectivity index (χ0) is 15.4. The van der Waals surface area contributed by atoms with E-state index in [1.165, 1.54) is 30.8 Å². The highest BCUT2D eigenvalue weighted by Crippen LogP contribution is 2.19. The number of hydrogen-bond acceptors (Lipinski definition) is 4. The second-order valence-electron chi connectivity index (χ2n) is 6.44. The van der Waals surface area contributed by atoms with Crippen LogP contribution in [0.5, 0.6) is 0 Å². The van der Waals surface area contributed by atoms with Gasteiger partial charge in [-0.15, -0.1) is 0 Å². The van der Waals surface area contributed by atoms with Crippen LogP contribution in [-0.4, -0.2) is 51.0 Å². The molecule has 1 saturated heterocycles. The van der Waals surface area contributed by atoms with E-state index in [0.29, 0.717) is 0 Å². The summed E-state index contributed by atoms with van der Waals surface area (Å²) in [6.45, 7) is 5.52. The Bertz CT molecular complexity index is 580. The van der Waals surface area contributed by atoms with Gasteiger partial charge in [-0.05, 0) is 37.6 Å². The molecule has 0 amide bonds. The van der Waals surface area contributed by atoms with Crippen LogP contribution in [0.1, 0.15) is 17.7 Å². The van der Waals surface area contributed by atoms with Crippen molar-refractivity contribution >= 4 is 0 Å². The Morgan fingerprint density at radius 2 is 2.23 bits per heavy atom. The summed E-state index contributed by atoms with van der Waals surface area (Å²) < 4.78 is 2.11. The van der Waals surface area contributed by atoms with Gasteiger partial charge in [-0.25, -0.2) is 4.98 Å². The third kappa shape index (κ3) is 3.93. The van der Waals surface area contributed by atoms with Crippen LogP contribution in [0.3, 0.4) is 0 Å². The number of pyridine rings is 1. The molecule has 3 rings (SSSR count). The quantitative estimate of drug-likeness (QED) is 0.815. The van der Waals surface area contributed by atoms with Gasteiger partial charge in [0.25, 0.3) is 0 Å². The molecule has 5 heteroatoms. The van der Waals surface area contributed by atoms with Crippen molar-refractivity contribution in [2.24, 2.45) is 13.0 Å². The lowest BCUT2D eigenvalue weighted by molar-refractivity contribution is 0.253. The Kier molecular flexibility index (Phi) is 4.85. The molecule has 0 saturated carbocycles. The Morgan fingerprint density at radius 3 is 2.95 bits per heavy atom. The molecule has 0 aromatic carbocycles. The number of hydrogen-bond donors (Lipinski definition) is 0. The van der Waals surface area contributed by atoms with Gasteiger partial charge in [-0.2, -0.15) is 0 Å². The summed E-state index contributed by atoms with van der Waals surface area (Å²) in [4.78, 5) is 13.3. The molecule has 2 aromatic heterocycles. The number of nitrogens with zero attached hydrogens (tertiary/aromatic N) is 5. The van der Waals surface area contributed by atoms with Crippen molar-refractivity contribution in [3.8, 4) is 0 Å². The molecular weight excluding hydrogens is 274 g/mol. The summed E-state index contributed by atoms with van der Waals surface area (Å²) in [5.74, 6) is 0.759. The highest BCUT2D eigenvalue weighted by Gasteiger charge is 2.24. The average Bonchev–Trinajstić information content (AvgIpc) is 3.10. The molecular formula is C17H25N5. The molecule has 22 heavy (non-hydrogen) atoms. The number of likely N-dealkylation sites (tertiary alicyclic amines) is 1. The molecule has 1 aliphatic rings. The smallest absolute Gasteiger partial charge is 0.0945 e. The van der Waals surface area contributed by atoms with Crippen molar-refractivity contribution in [3.05, 3.63) is 48.3 Å². The van der Waals surface area contributed by atoms with E-state index in [2.05, 4.69) is 44.5 Å². The topological polar surface area (TPSA) is 37.2 Å². The molecule has 5 nitrogen and oxygen atoms in total. The van der Waals surface area contributed by atoms with Gasteiger partial charge < -0.3 is 9.47 Å². The first-order valence-corrected chi connectivity index (χ1v) is 7.95. The van der Waals surface area contributed by atoms with Crippen LogP contribution in [0.2, 0.25) is 0 Å². The molecule has 1 fully saturated rings. The summed E-state index contributed by atoms with van der Waals surface area (Å²) in [7, 11) is 4.27. The molecule has 0 unspecified atom stereocenters. The van der Waals surface area contributed by atoms with E-state index in [1.807, 2.05) is 31.0 Å². The normalized spacial score (nSPS) is 19.1. The van der Waals surface area contributed by atoms with Crippen LogP contribution in [0, 0.1) is 5.92 Å². The van der Waals surface area contributed by atoms with Crippen LogP contribution >= 0.6 is 0 Å². The average molecular weight is 299 g/mol. The van der Waals surface area contributed by atoms with Crippen LogP contribution in [-0.2, 0) is 20.1 Å². The standard InChI is InChI=1S/C17H25N5/c1-20(10-15-4-3-6-18-8-15)11-16-5-7-22(12-16)13-17-9-19-14-21(17)2/h3-4,6,8-9,14,16H,5,7,10-13H2,1-2H3/t16-/m1/s1. The first kappa shape index (κ1) is 15.2. The van der Waals surface area contributed by atoms with Gasteiger partial charge in [0.1, 0.15) is 0 Å². The molecule has 1 atom stereocenters. The lowest BCUT2D eigenvalue weighted by Crippen LogP contribution is -2.28. The van der Waals surface area contributed by atoms with Crippen LogP contribution in [0.4, 0.5) is 0 Å². The number of imidazole rings is 1. The van der Waals surface area contributed by atoms with Crippen LogP contribution in [0.25, 0.3) is 0 Å². The van der Waals surface area contributed by atoms with Crippen LogP contribution < -0.4 is 0 Å². The molecule has 118 valence electrons. The van der Waals surface area contributed by atoms with Crippen molar-refractivity contribution in [1.82, 2.24) is 24.3 Å². The zero-order valence-corrected chi connectivity index (χ0v) is 13.5. The van der Waals surface area contributed by atoms with Gasteiger partial charge >= 0.3 is 0 Å². The summed E-state index contributed by atoms with van der Waals surface area (Å²) in [5, 5.41) is 0. The van der Waals surface area contributed by atoms with Gasteiger partial charge in [0, 0.05) is 51.8 Å². The Labute approximate surface area is 132 Å². The Balaban J connectivity index is 1.45. The van der Waals surface area contributed by atoms with Gasteiger partial charge in [-0.3, -0.25) is 9.88 Å². The maximum absolute atomic E-state index is 4.20. The molecule has 3 heterocycles. The minimum Gasteiger partial charge on any atom is -0.337 e. The number of aromatic nitrogens is 3. The van der Waals surface area contributed by atoms with E-state index in [4.69, 9.17) is 0 Å². The maximum Gasteiger partial charge on any atom is 0.0945 e. The summed E-state index contributed by atoms with van der Waals surface area (Å²) >= 11 is 0. The number of aryl methyl sites for hydroxylation is 1. The van der Waals surface area contributed by atoms with Gasteiger partial charge in [0.2, 0.25) is 0 Å². The number of rotatable bonds is 6. The fourth-order valence-electron chi connectivity index (χ4n) is 3.28. The molecule has 0 spiro atoms. The highest BCUT2D eigenvalue weighted by molar-refractivity contribution is 5.08. The molecule has 1 aliphatic heterocycles.